The molecule has 5 nitrogen and oxygen atoms in total. The number of carbonyl (C=O) groups excluding carboxylic acids is 1. The van der Waals surface area contributed by atoms with Crippen LogP contribution in [0.4, 0.5) is 0 Å². The molecule has 0 bridgehead atoms. The Kier molecular flexibility index (Phi) is 5.63. The van der Waals surface area contributed by atoms with Gasteiger partial charge in [-0.1, -0.05) is 0 Å². The Morgan fingerprint density at radius 1 is 1.38 bits per heavy atom. The highest BCUT2D eigenvalue weighted by Crippen LogP contribution is 2.26. The third kappa shape index (κ3) is 4.94. The highest BCUT2D eigenvalue weighted by atomic mass is 16.5. The van der Waals surface area contributed by atoms with Gasteiger partial charge in [-0.25, -0.2) is 0 Å². The molecule has 1 amide bonds. The Balaban J connectivity index is 1.84. The second-order valence-corrected chi connectivity index (χ2v) is 7.16. The molecule has 0 spiro atoms. The predicted octanol–water partition coefficient (Wildman–Crippen LogP) is 1.12. The second-order valence-electron chi connectivity index (χ2n) is 7.16. The van der Waals surface area contributed by atoms with Crippen molar-refractivity contribution in [3.63, 3.8) is 0 Å². The van der Waals surface area contributed by atoms with E-state index in [1.807, 2.05) is 6.92 Å². The predicted molar refractivity (Wildman–Crippen MR) is 84.0 cm³/mol. The Morgan fingerprint density at radius 2 is 2.00 bits per heavy atom. The molecule has 3 N–H and O–H groups in total. The molecule has 1 saturated heterocycles. The normalized spacial score (nSPS) is 24.8. The fourth-order valence-corrected chi connectivity index (χ4v) is 3.17. The molecule has 5 heteroatoms. The molecule has 0 aromatic carbocycles. The lowest BCUT2D eigenvalue weighted by Gasteiger charge is -2.36. The van der Waals surface area contributed by atoms with Crippen molar-refractivity contribution >= 4 is 5.91 Å². The van der Waals surface area contributed by atoms with Crippen LogP contribution in [-0.2, 0) is 9.53 Å². The number of hydrogen-bond donors (Lipinski definition) is 2. The average Bonchev–Trinajstić information content (AvgIpc) is 3.23. The quantitative estimate of drug-likeness (QED) is 0.704. The summed E-state index contributed by atoms with van der Waals surface area (Å²) in [6, 6.07) is 0.812. The van der Waals surface area contributed by atoms with Crippen molar-refractivity contribution in [2.24, 2.45) is 11.7 Å². The molecule has 2 fully saturated rings. The van der Waals surface area contributed by atoms with Crippen LogP contribution in [0.2, 0.25) is 0 Å². The molecule has 0 radical (unpaired) electrons. The summed E-state index contributed by atoms with van der Waals surface area (Å²) in [5.41, 5.74) is 5.05. The fourth-order valence-electron chi connectivity index (χ4n) is 3.17. The molecule has 1 aliphatic heterocycles. The van der Waals surface area contributed by atoms with Gasteiger partial charge in [0.1, 0.15) is 0 Å². The second kappa shape index (κ2) is 7.07. The van der Waals surface area contributed by atoms with E-state index >= 15 is 0 Å². The van der Waals surface area contributed by atoms with Gasteiger partial charge >= 0.3 is 0 Å². The molecule has 1 aliphatic carbocycles. The van der Waals surface area contributed by atoms with E-state index in [4.69, 9.17) is 10.5 Å². The molecule has 1 saturated carbocycles. The molecular weight excluding hydrogens is 266 g/mol. The van der Waals surface area contributed by atoms with Gasteiger partial charge in [-0.05, 0) is 58.9 Å². The summed E-state index contributed by atoms with van der Waals surface area (Å²) in [6.45, 7) is 6.98. The number of nitrogens with one attached hydrogen (secondary N) is 1. The van der Waals surface area contributed by atoms with E-state index in [0.29, 0.717) is 18.0 Å². The third-order valence-corrected chi connectivity index (χ3v) is 4.99. The first kappa shape index (κ1) is 16.7. The molecular formula is C16H31N3O2. The number of primary amides is 1. The molecule has 2 aliphatic rings. The molecule has 1 heterocycles. The number of amides is 1. The summed E-state index contributed by atoms with van der Waals surface area (Å²) >= 11 is 0. The minimum Gasteiger partial charge on any atom is -0.381 e. The van der Waals surface area contributed by atoms with Crippen LogP contribution in [0.1, 0.15) is 46.0 Å². The number of ether oxygens (including phenoxy) is 1. The number of rotatable bonds is 8. The summed E-state index contributed by atoms with van der Waals surface area (Å²) in [6.07, 6.45) is 5.37. The Hall–Kier alpha value is -0.650. The zero-order chi connectivity index (χ0) is 15.5. The Bertz CT molecular complexity index is 353. The SMILES string of the molecule is CC(CC(C)(NC1CC1)C(N)=O)N(C)CC1CCOCC1. The molecule has 21 heavy (non-hydrogen) atoms. The van der Waals surface area contributed by atoms with Crippen LogP contribution in [0.25, 0.3) is 0 Å². The van der Waals surface area contributed by atoms with Gasteiger partial charge < -0.3 is 20.7 Å². The van der Waals surface area contributed by atoms with Crippen molar-refractivity contribution in [3.8, 4) is 0 Å². The Labute approximate surface area is 128 Å². The molecule has 122 valence electrons. The van der Waals surface area contributed by atoms with Gasteiger partial charge in [0.05, 0.1) is 5.54 Å². The van der Waals surface area contributed by atoms with Crippen molar-refractivity contribution in [3.05, 3.63) is 0 Å². The number of hydrogen-bond acceptors (Lipinski definition) is 4. The van der Waals surface area contributed by atoms with Crippen molar-refractivity contribution in [1.82, 2.24) is 10.2 Å². The van der Waals surface area contributed by atoms with Gasteiger partial charge in [0.25, 0.3) is 0 Å². The molecule has 0 aromatic rings. The smallest absolute Gasteiger partial charge is 0.237 e. The van der Waals surface area contributed by atoms with Crippen LogP contribution in [0.15, 0.2) is 0 Å². The Morgan fingerprint density at radius 3 is 2.52 bits per heavy atom. The minimum atomic E-state index is -0.593. The van der Waals surface area contributed by atoms with Crippen LogP contribution in [-0.4, -0.2) is 55.2 Å². The van der Waals surface area contributed by atoms with Gasteiger partial charge in [-0.15, -0.1) is 0 Å². The minimum absolute atomic E-state index is 0.235. The van der Waals surface area contributed by atoms with E-state index in [-0.39, 0.29) is 5.91 Å². The maximum absolute atomic E-state index is 11.9. The van der Waals surface area contributed by atoms with E-state index in [1.54, 1.807) is 0 Å². The summed E-state index contributed by atoms with van der Waals surface area (Å²) in [4.78, 5) is 14.2. The third-order valence-electron chi connectivity index (χ3n) is 4.99. The topological polar surface area (TPSA) is 67.6 Å². The first-order chi connectivity index (χ1) is 9.90. The van der Waals surface area contributed by atoms with Crippen LogP contribution in [0, 0.1) is 5.92 Å². The van der Waals surface area contributed by atoms with E-state index < -0.39 is 5.54 Å². The van der Waals surface area contributed by atoms with Crippen molar-refractivity contribution in [2.45, 2.75) is 63.6 Å². The maximum atomic E-state index is 11.9. The highest BCUT2D eigenvalue weighted by molar-refractivity contribution is 5.84. The van der Waals surface area contributed by atoms with Crippen LogP contribution >= 0.6 is 0 Å². The summed E-state index contributed by atoms with van der Waals surface area (Å²) in [5.74, 6) is 0.475. The lowest BCUT2D eigenvalue weighted by atomic mass is 9.91. The van der Waals surface area contributed by atoms with Crippen molar-refractivity contribution < 1.29 is 9.53 Å². The zero-order valence-corrected chi connectivity index (χ0v) is 13.7. The first-order valence-corrected chi connectivity index (χ1v) is 8.26. The standard InChI is InChI=1S/C16H31N3O2/c1-12(19(3)11-13-6-8-21-9-7-13)10-16(2,15(17)20)18-14-4-5-14/h12-14,18H,4-11H2,1-3H3,(H2,17,20). The monoisotopic (exact) mass is 297 g/mol. The number of nitrogens with two attached hydrogens (primary N) is 1. The largest absolute Gasteiger partial charge is 0.381 e. The van der Waals surface area contributed by atoms with E-state index in [9.17, 15) is 4.79 Å². The van der Waals surface area contributed by atoms with E-state index in [0.717, 1.165) is 51.9 Å². The van der Waals surface area contributed by atoms with Gasteiger partial charge in [-0.3, -0.25) is 4.79 Å². The zero-order valence-electron chi connectivity index (χ0n) is 13.7. The lowest BCUT2D eigenvalue weighted by Crippen LogP contribution is -2.57. The van der Waals surface area contributed by atoms with Gasteiger partial charge in [0.15, 0.2) is 0 Å². The number of nitrogens with zero attached hydrogens (tertiary/aromatic N) is 1. The van der Waals surface area contributed by atoms with Crippen LogP contribution < -0.4 is 11.1 Å². The maximum Gasteiger partial charge on any atom is 0.237 e. The molecule has 0 aromatic heterocycles. The average molecular weight is 297 g/mol. The van der Waals surface area contributed by atoms with Gasteiger partial charge in [-0.2, -0.15) is 0 Å². The van der Waals surface area contributed by atoms with Crippen molar-refractivity contribution in [1.29, 1.82) is 0 Å². The number of carbonyl (C=O) groups is 1. The molecule has 2 rings (SSSR count). The summed E-state index contributed by atoms with van der Waals surface area (Å²) < 4.78 is 5.41. The first-order valence-electron chi connectivity index (χ1n) is 8.26. The van der Waals surface area contributed by atoms with E-state index in [2.05, 4.69) is 24.2 Å². The molecule has 2 unspecified atom stereocenters. The van der Waals surface area contributed by atoms with Gasteiger partial charge in [0.2, 0.25) is 5.91 Å². The molecule has 2 atom stereocenters. The highest BCUT2D eigenvalue weighted by Gasteiger charge is 2.38. The van der Waals surface area contributed by atoms with Crippen LogP contribution in [0.3, 0.4) is 0 Å². The fraction of sp³-hybridized carbons (Fsp3) is 0.938. The van der Waals surface area contributed by atoms with Crippen LogP contribution in [0.5, 0.6) is 0 Å². The lowest BCUT2D eigenvalue weighted by molar-refractivity contribution is -0.124. The van der Waals surface area contributed by atoms with E-state index in [1.165, 1.54) is 0 Å². The summed E-state index contributed by atoms with van der Waals surface area (Å²) in [5, 5.41) is 3.43. The van der Waals surface area contributed by atoms with Gasteiger partial charge in [0, 0.05) is 31.8 Å². The summed E-state index contributed by atoms with van der Waals surface area (Å²) in [7, 11) is 2.15. The van der Waals surface area contributed by atoms with Crippen molar-refractivity contribution in [2.75, 3.05) is 26.8 Å².